The van der Waals surface area contributed by atoms with Crippen LogP contribution in [0.15, 0.2) is 35.2 Å². The molecule has 34 heavy (non-hydrogen) atoms. The largest absolute Gasteiger partial charge is 0.423 e. The second-order valence-corrected chi connectivity index (χ2v) is 12.0. The van der Waals surface area contributed by atoms with Crippen molar-refractivity contribution in [2.75, 3.05) is 0 Å². The standard InChI is InChI=1S/C25H27ClFNO5S/c1-25-9-8-16-15-5-3-14(10-13(15)2-4-17(16)19(25)6-7-23(25)29)33-24(30)18-11-22(34(28,31)32)21(27)12-20(18)26/h3,5,10-12,16-17,19,23,29H,2,4,6-9H2,1H3,(H2,28,31,32)/t16-,17-,19+,23+,25+/m1/s1. The first-order valence-electron chi connectivity index (χ1n) is 11.5. The van der Waals surface area contributed by atoms with Crippen LogP contribution in [0.2, 0.25) is 5.02 Å². The zero-order valence-corrected chi connectivity index (χ0v) is 20.3. The Bertz CT molecular complexity index is 1280. The summed E-state index contributed by atoms with van der Waals surface area (Å²) in [6.45, 7) is 2.24. The number of ether oxygens (including phenoxy) is 1. The van der Waals surface area contributed by atoms with E-state index in [1.165, 1.54) is 5.56 Å². The lowest BCUT2D eigenvalue weighted by Gasteiger charge is -2.50. The van der Waals surface area contributed by atoms with Gasteiger partial charge < -0.3 is 9.84 Å². The van der Waals surface area contributed by atoms with Gasteiger partial charge in [0.2, 0.25) is 10.0 Å². The number of nitrogens with two attached hydrogens (primary N) is 1. The Kier molecular flexibility index (Phi) is 5.79. The molecule has 5 atom stereocenters. The van der Waals surface area contributed by atoms with E-state index >= 15 is 0 Å². The fourth-order valence-electron chi connectivity index (χ4n) is 6.66. The van der Waals surface area contributed by atoms with Crippen LogP contribution < -0.4 is 9.88 Å². The molecule has 2 fully saturated rings. The third-order valence-electron chi connectivity index (χ3n) is 8.41. The van der Waals surface area contributed by atoms with Gasteiger partial charge in [-0.25, -0.2) is 22.7 Å². The van der Waals surface area contributed by atoms with Gasteiger partial charge in [-0.1, -0.05) is 24.6 Å². The van der Waals surface area contributed by atoms with Crippen LogP contribution in [0, 0.1) is 23.1 Å². The fraction of sp³-hybridized carbons (Fsp3) is 0.480. The third-order valence-corrected chi connectivity index (χ3v) is 9.65. The number of aliphatic hydroxyl groups excluding tert-OH is 1. The summed E-state index contributed by atoms with van der Waals surface area (Å²) >= 11 is 5.98. The number of hydrogen-bond donors (Lipinski definition) is 2. The molecule has 6 nitrogen and oxygen atoms in total. The van der Waals surface area contributed by atoms with Gasteiger partial charge in [-0.3, -0.25) is 0 Å². The Morgan fingerprint density at radius 2 is 1.97 bits per heavy atom. The van der Waals surface area contributed by atoms with Gasteiger partial charge >= 0.3 is 5.97 Å². The highest BCUT2D eigenvalue weighted by Crippen LogP contribution is 2.60. The lowest BCUT2D eigenvalue weighted by atomic mass is 9.55. The molecule has 2 saturated carbocycles. The lowest BCUT2D eigenvalue weighted by molar-refractivity contribution is -0.0226. The van der Waals surface area contributed by atoms with E-state index in [1.807, 2.05) is 12.1 Å². The Morgan fingerprint density at radius 1 is 1.21 bits per heavy atom. The van der Waals surface area contributed by atoms with Gasteiger partial charge in [0.1, 0.15) is 16.5 Å². The summed E-state index contributed by atoms with van der Waals surface area (Å²) in [5, 5.41) is 15.3. The number of sulfonamides is 1. The summed E-state index contributed by atoms with van der Waals surface area (Å²) in [6, 6.07) is 7.12. The monoisotopic (exact) mass is 507 g/mol. The number of esters is 1. The van der Waals surface area contributed by atoms with Crippen molar-refractivity contribution < 1.29 is 27.4 Å². The molecule has 0 radical (unpaired) electrons. The van der Waals surface area contributed by atoms with Crippen molar-refractivity contribution in [3.8, 4) is 5.75 Å². The van der Waals surface area contributed by atoms with Gasteiger partial charge in [0, 0.05) is 0 Å². The van der Waals surface area contributed by atoms with E-state index in [2.05, 4.69) is 6.92 Å². The normalized spacial score (nSPS) is 30.3. The van der Waals surface area contributed by atoms with Crippen LogP contribution in [0.1, 0.15) is 66.4 Å². The van der Waals surface area contributed by atoms with Gasteiger partial charge in [0.25, 0.3) is 0 Å². The van der Waals surface area contributed by atoms with E-state index in [1.54, 1.807) is 6.07 Å². The van der Waals surface area contributed by atoms with Gasteiger partial charge in [-0.05, 0) is 97.1 Å². The molecule has 0 amide bonds. The molecular weight excluding hydrogens is 481 g/mol. The van der Waals surface area contributed by atoms with E-state index in [0.29, 0.717) is 23.5 Å². The van der Waals surface area contributed by atoms with Crippen LogP contribution in [0.3, 0.4) is 0 Å². The highest BCUT2D eigenvalue weighted by atomic mass is 35.5. The number of halogens is 2. The number of fused-ring (bicyclic) bond motifs is 5. The topological polar surface area (TPSA) is 107 Å². The second-order valence-electron chi connectivity index (χ2n) is 10.1. The second kappa shape index (κ2) is 8.29. The molecule has 0 saturated heterocycles. The van der Waals surface area contributed by atoms with Crippen molar-refractivity contribution >= 4 is 27.6 Å². The predicted molar refractivity (Wildman–Crippen MR) is 125 cm³/mol. The van der Waals surface area contributed by atoms with Crippen molar-refractivity contribution in [3.05, 3.63) is 57.9 Å². The predicted octanol–water partition coefficient (Wildman–Crippen LogP) is 4.56. The molecule has 0 spiro atoms. The fourth-order valence-corrected chi connectivity index (χ4v) is 7.50. The average molecular weight is 508 g/mol. The van der Waals surface area contributed by atoms with Crippen molar-refractivity contribution in [1.82, 2.24) is 0 Å². The summed E-state index contributed by atoms with van der Waals surface area (Å²) in [4.78, 5) is 11.9. The molecule has 9 heteroatoms. The summed E-state index contributed by atoms with van der Waals surface area (Å²) in [5.41, 5.74) is 2.13. The number of carbonyl (C=O) groups excluding carboxylic acids is 1. The van der Waals surface area contributed by atoms with Gasteiger partial charge in [0.05, 0.1) is 16.7 Å². The van der Waals surface area contributed by atoms with Crippen molar-refractivity contribution in [3.63, 3.8) is 0 Å². The minimum atomic E-state index is -4.37. The quantitative estimate of drug-likeness (QED) is 0.467. The molecule has 0 bridgehead atoms. The van der Waals surface area contributed by atoms with Crippen LogP contribution in [-0.2, 0) is 16.4 Å². The van der Waals surface area contributed by atoms with E-state index in [4.69, 9.17) is 21.5 Å². The first kappa shape index (κ1) is 23.7. The molecule has 5 rings (SSSR count). The zero-order chi connectivity index (χ0) is 24.4. The molecule has 182 valence electrons. The van der Waals surface area contributed by atoms with Crippen LogP contribution in [-0.4, -0.2) is 25.6 Å². The molecule has 0 heterocycles. The summed E-state index contributed by atoms with van der Waals surface area (Å²) in [7, 11) is -4.37. The average Bonchev–Trinajstić information content (AvgIpc) is 3.07. The Morgan fingerprint density at radius 3 is 2.71 bits per heavy atom. The first-order valence-corrected chi connectivity index (χ1v) is 13.5. The SMILES string of the molecule is C[C@]12CC[C@@H]3c4ccc(OC(=O)c5cc(S(N)(=O)=O)c(F)cc5Cl)cc4CC[C@H]3[C@@H]1CC[C@@H]2O. The molecule has 3 aliphatic carbocycles. The molecule has 0 aromatic heterocycles. The maximum Gasteiger partial charge on any atom is 0.345 e. The number of aliphatic hydroxyl groups is 1. The zero-order valence-electron chi connectivity index (χ0n) is 18.8. The number of carbonyl (C=O) groups is 1. The van der Waals surface area contributed by atoms with Gasteiger partial charge in [0.15, 0.2) is 0 Å². The Hall–Kier alpha value is -2.00. The van der Waals surface area contributed by atoms with Crippen LogP contribution >= 0.6 is 11.6 Å². The van der Waals surface area contributed by atoms with Gasteiger partial charge in [-0.15, -0.1) is 0 Å². The van der Waals surface area contributed by atoms with E-state index in [-0.39, 0.29) is 22.1 Å². The highest BCUT2D eigenvalue weighted by molar-refractivity contribution is 7.89. The summed E-state index contributed by atoms with van der Waals surface area (Å²) in [5.74, 6) is -0.202. The number of aryl methyl sites for hydroxylation is 1. The minimum absolute atomic E-state index is 0.0123. The van der Waals surface area contributed by atoms with Crippen LogP contribution in [0.4, 0.5) is 4.39 Å². The maximum atomic E-state index is 14.0. The Balaban J connectivity index is 1.38. The highest BCUT2D eigenvalue weighted by Gasteiger charge is 2.54. The smallest absolute Gasteiger partial charge is 0.345 e. The van der Waals surface area contributed by atoms with E-state index in [0.717, 1.165) is 56.2 Å². The number of primary sulfonamides is 1. The summed E-state index contributed by atoms with van der Waals surface area (Å²) < 4.78 is 42.7. The van der Waals surface area contributed by atoms with Crippen LogP contribution in [0.5, 0.6) is 5.75 Å². The third kappa shape index (κ3) is 3.85. The molecule has 2 aromatic carbocycles. The first-order chi connectivity index (χ1) is 16.0. The van der Waals surface area contributed by atoms with E-state index in [9.17, 15) is 22.7 Å². The minimum Gasteiger partial charge on any atom is -0.423 e. The maximum absolute atomic E-state index is 14.0. The lowest BCUT2D eigenvalue weighted by Crippen LogP contribution is -2.43. The molecule has 0 aliphatic heterocycles. The van der Waals surface area contributed by atoms with Crippen molar-refractivity contribution in [2.24, 2.45) is 22.4 Å². The number of hydrogen-bond acceptors (Lipinski definition) is 5. The summed E-state index contributed by atoms with van der Waals surface area (Å²) in [6.07, 6.45) is 5.66. The Labute approximate surface area is 203 Å². The molecule has 2 aromatic rings. The number of rotatable bonds is 3. The molecular formula is C25H27ClFNO5S. The van der Waals surface area contributed by atoms with Gasteiger partial charge in [-0.2, -0.15) is 0 Å². The van der Waals surface area contributed by atoms with E-state index < -0.39 is 26.7 Å². The molecule has 0 unspecified atom stereocenters. The van der Waals surface area contributed by atoms with Crippen LogP contribution in [0.25, 0.3) is 0 Å². The molecule has 3 N–H and O–H groups in total. The number of benzene rings is 2. The van der Waals surface area contributed by atoms with Crippen molar-refractivity contribution in [2.45, 2.75) is 62.4 Å². The molecule has 3 aliphatic rings. The van der Waals surface area contributed by atoms with Crippen molar-refractivity contribution in [1.29, 1.82) is 0 Å².